The maximum Gasteiger partial charge on any atom is 0.416 e. The first-order valence-electron chi connectivity index (χ1n) is 6.84. The zero-order valence-electron chi connectivity index (χ0n) is 13.4. The lowest BCUT2D eigenvalue weighted by molar-refractivity contribution is -0.138. The van der Waals surface area contributed by atoms with Gasteiger partial charge in [-0.15, -0.1) is 0 Å². The molecule has 1 aromatic heterocycles. The number of methoxy groups -OCH3 is 1. The van der Waals surface area contributed by atoms with Gasteiger partial charge in [0.25, 0.3) is 20.0 Å². The second-order valence-corrected chi connectivity index (χ2v) is 8.61. The van der Waals surface area contributed by atoms with Crippen molar-refractivity contribution in [1.29, 1.82) is 0 Å². The van der Waals surface area contributed by atoms with E-state index in [9.17, 15) is 30.0 Å². The molecule has 1 heterocycles. The van der Waals surface area contributed by atoms with Gasteiger partial charge in [-0.25, -0.2) is 21.8 Å². The highest BCUT2D eigenvalue weighted by Crippen LogP contribution is 2.33. The minimum absolute atomic E-state index is 0.196. The van der Waals surface area contributed by atoms with E-state index in [2.05, 4.69) is 4.98 Å². The van der Waals surface area contributed by atoms with Crippen LogP contribution < -0.4 is 8.86 Å². The van der Waals surface area contributed by atoms with E-state index in [4.69, 9.17) is 4.74 Å². The number of alkyl halides is 3. The molecule has 0 atom stereocenters. The van der Waals surface area contributed by atoms with Crippen LogP contribution in [0.1, 0.15) is 11.1 Å². The summed E-state index contributed by atoms with van der Waals surface area (Å²) in [5.74, 6) is -0.196. The highest BCUT2D eigenvalue weighted by molar-refractivity contribution is 8.04. The summed E-state index contributed by atoms with van der Waals surface area (Å²) in [6.45, 7) is 1.07. The number of nitrogens with one attached hydrogen (secondary N) is 1. The number of hydrogen-bond acceptors (Lipinski definition) is 6. The summed E-state index contributed by atoms with van der Waals surface area (Å²) >= 11 is 0. The van der Waals surface area contributed by atoms with E-state index in [1.165, 1.54) is 23.4 Å². The molecule has 0 saturated heterocycles. The van der Waals surface area contributed by atoms with Gasteiger partial charge in [0.1, 0.15) is 0 Å². The number of ether oxygens (including phenoxy) is 1. The molecule has 0 spiro atoms. The summed E-state index contributed by atoms with van der Waals surface area (Å²) in [4.78, 5) is 2.94. The van der Waals surface area contributed by atoms with Crippen LogP contribution in [-0.4, -0.2) is 28.9 Å². The number of hydrogen-bond donors (Lipinski definition) is 1. The zero-order valence-corrected chi connectivity index (χ0v) is 15.0. The van der Waals surface area contributed by atoms with Gasteiger partial charge >= 0.3 is 6.18 Å². The van der Waals surface area contributed by atoms with Gasteiger partial charge in [0, 0.05) is 6.20 Å². The molecule has 7 nitrogen and oxygen atoms in total. The highest BCUT2D eigenvalue weighted by atomic mass is 32.3. The summed E-state index contributed by atoms with van der Waals surface area (Å²) in [5, 5.41) is -0.672. The predicted octanol–water partition coefficient (Wildman–Crippen LogP) is 2.08. The molecule has 0 aliphatic carbocycles. The molecule has 0 radical (unpaired) electrons. The van der Waals surface area contributed by atoms with Gasteiger partial charge in [-0.2, -0.15) is 13.2 Å². The van der Waals surface area contributed by atoms with E-state index in [1.54, 1.807) is 0 Å². The van der Waals surface area contributed by atoms with Crippen molar-refractivity contribution in [2.75, 3.05) is 7.11 Å². The van der Waals surface area contributed by atoms with Gasteiger partial charge in [-0.3, -0.25) is 0 Å². The third kappa shape index (κ3) is 4.14. The topological polar surface area (TPSA) is 102 Å². The number of nitrogens with zero attached hydrogens (tertiary/aromatic N) is 1. The number of benzene rings is 1. The van der Waals surface area contributed by atoms with E-state index in [-0.39, 0.29) is 11.3 Å². The molecule has 0 aliphatic heterocycles. The van der Waals surface area contributed by atoms with Crippen LogP contribution in [0, 0.1) is 6.92 Å². The molecule has 0 amide bonds. The highest BCUT2D eigenvalue weighted by Gasteiger charge is 2.34. The Morgan fingerprint density at radius 2 is 1.73 bits per heavy atom. The third-order valence-corrected chi connectivity index (χ3v) is 6.69. The first kappa shape index (κ1) is 20.1. The largest absolute Gasteiger partial charge is 0.494 e. The molecule has 12 heteroatoms. The van der Waals surface area contributed by atoms with Crippen LogP contribution in [0.4, 0.5) is 13.2 Å². The Morgan fingerprint density at radius 3 is 2.27 bits per heavy atom. The van der Waals surface area contributed by atoms with Crippen LogP contribution in [0.15, 0.2) is 46.5 Å². The fourth-order valence-corrected chi connectivity index (χ4v) is 5.14. The van der Waals surface area contributed by atoms with Crippen molar-refractivity contribution in [2.24, 2.45) is 0 Å². The number of aromatic nitrogens is 1. The summed E-state index contributed by atoms with van der Waals surface area (Å²) in [7, 11) is -8.16. The van der Waals surface area contributed by atoms with Crippen molar-refractivity contribution in [3.05, 3.63) is 47.7 Å². The lowest BCUT2D eigenvalue weighted by Gasteiger charge is -2.13. The molecule has 0 fully saturated rings. The minimum atomic E-state index is -4.68. The molecule has 0 bridgehead atoms. The van der Waals surface area contributed by atoms with Crippen molar-refractivity contribution in [3.63, 3.8) is 0 Å². The van der Waals surface area contributed by atoms with Crippen LogP contribution in [0.25, 0.3) is 0 Å². The van der Waals surface area contributed by atoms with Crippen molar-refractivity contribution in [2.45, 2.75) is 23.0 Å². The lowest BCUT2D eigenvalue weighted by atomic mass is 10.1. The Kier molecular flexibility index (Phi) is 5.31. The van der Waals surface area contributed by atoms with E-state index in [0.29, 0.717) is 12.1 Å². The summed E-state index contributed by atoms with van der Waals surface area (Å²) in [5.41, 5.74) is -1.39. The molecule has 1 N–H and O–H groups in total. The Labute approximate surface area is 147 Å². The monoisotopic (exact) mass is 410 g/mol. The Hall–Kier alpha value is -2.18. The third-order valence-electron chi connectivity index (χ3n) is 3.24. The van der Waals surface area contributed by atoms with E-state index in [0.717, 1.165) is 19.2 Å². The van der Waals surface area contributed by atoms with Crippen LogP contribution in [0.3, 0.4) is 0 Å². The number of sulfonamides is 2. The molecule has 142 valence electrons. The quantitative estimate of drug-likeness (QED) is 0.810. The molecule has 1 aromatic carbocycles. The Bertz CT molecular complexity index is 1030. The maximum atomic E-state index is 12.8. The average Bonchev–Trinajstić information content (AvgIpc) is 2.52. The molecule has 2 rings (SSSR count). The average molecular weight is 410 g/mol. The molecule has 0 unspecified atom stereocenters. The van der Waals surface area contributed by atoms with Gasteiger partial charge in [-0.1, -0.05) is 4.13 Å². The van der Waals surface area contributed by atoms with Crippen molar-refractivity contribution in [1.82, 2.24) is 9.11 Å². The van der Waals surface area contributed by atoms with Gasteiger partial charge in [0.15, 0.2) is 5.75 Å². The number of halogens is 3. The molecule has 0 saturated carbocycles. The van der Waals surface area contributed by atoms with Gasteiger partial charge in [0.2, 0.25) is 5.03 Å². The van der Waals surface area contributed by atoms with E-state index < -0.39 is 41.7 Å². The molecule has 2 aromatic rings. The van der Waals surface area contributed by atoms with Crippen LogP contribution in [-0.2, 0) is 26.2 Å². The molecule has 0 aliphatic rings. The van der Waals surface area contributed by atoms with Gasteiger partial charge in [0.05, 0.1) is 17.6 Å². The van der Waals surface area contributed by atoms with E-state index in [1.807, 2.05) is 0 Å². The summed E-state index contributed by atoms with van der Waals surface area (Å²) in [6, 6.07) is 4.61. The molecular formula is C14H13F3N2O5S2. The van der Waals surface area contributed by atoms with Gasteiger partial charge < -0.3 is 4.74 Å². The SMILES string of the molecule is COc1cccnc1S(=O)(=O)NS(=O)(=O)c1ccc(C(F)(F)F)c(C)c1. The first-order chi connectivity index (χ1) is 11.9. The first-order valence-corrected chi connectivity index (χ1v) is 9.80. The predicted molar refractivity (Wildman–Crippen MR) is 84.5 cm³/mol. The normalized spacial score (nSPS) is 12.8. The zero-order chi connectivity index (χ0) is 19.8. The smallest absolute Gasteiger partial charge is 0.416 e. The number of rotatable bonds is 5. The number of aryl methyl sites for hydroxylation is 1. The van der Waals surface area contributed by atoms with Crippen molar-refractivity contribution in [3.8, 4) is 5.75 Å². The number of pyridine rings is 1. The second-order valence-electron chi connectivity index (χ2n) is 5.08. The van der Waals surface area contributed by atoms with Crippen molar-refractivity contribution < 1.29 is 34.7 Å². The summed E-state index contributed by atoms with van der Waals surface area (Å²) in [6.07, 6.45) is -3.54. The fourth-order valence-electron chi connectivity index (χ4n) is 2.09. The van der Waals surface area contributed by atoms with Gasteiger partial charge in [-0.05, 0) is 42.8 Å². The molecular weight excluding hydrogens is 397 g/mol. The Morgan fingerprint density at radius 1 is 1.08 bits per heavy atom. The standard InChI is InChI=1S/C14H13F3N2O5S2/c1-9-8-10(5-6-11(9)14(15,16)17)25(20,21)19-26(22,23)13-12(24-2)4-3-7-18-13/h3-8,19H,1-2H3. The maximum absolute atomic E-state index is 12.8. The van der Waals surface area contributed by atoms with E-state index >= 15 is 0 Å². The second kappa shape index (κ2) is 6.85. The minimum Gasteiger partial charge on any atom is -0.494 e. The molecule has 26 heavy (non-hydrogen) atoms. The lowest BCUT2D eigenvalue weighted by Crippen LogP contribution is -2.31. The Balaban J connectivity index is 2.44. The summed E-state index contributed by atoms with van der Waals surface area (Å²) < 4.78 is 93.8. The van der Waals surface area contributed by atoms with Crippen LogP contribution in [0.5, 0.6) is 5.75 Å². The van der Waals surface area contributed by atoms with Crippen LogP contribution in [0.2, 0.25) is 0 Å². The van der Waals surface area contributed by atoms with Crippen LogP contribution >= 0.6 is 0 Å². The fraction of sp³-hybridized carbons (Fsp3) is 0.214. The van der Waals surface area contributed by atoms with Crippen molar-refractivity contribution >= 4 is 20.0 Å².